The smallest absolute Gasteiger partial charge is 0.187 e. The van der Waals surface area contributed by atoms with Crippen molar-refractivity contribution in [1.82, 2.24) is 0 Å². The topological polar surface area (TPSA) is 180 Å². The quantitative estimate of drug-likeness (QED) is 0.214. The van der Waals surface area contributed by atoms with Crippen LogP contribution in [0.25, 0.3) is 0 Å². The standard InChI is InChI=1S/C13H26O10/c1-5(6(17)2-14)12(7(18)3-15)23-13-11(21)10(20)9(19)8(4-16)22-13/h5-21H,2-4H2,1H3/t5-,6+,7-,8?,9+,10+,11?,12+,13+/m1/s1. The molecule has 10 nitrogen and oxygen atoms in total. The molecule has 8 N–H and O–H groups in total. The third-order valence-corrected chi connectivity index (χ3v) is 4.02. The molecular weight excluding hydrogens is 316 g/mol. The van der Waals surface area contributed by atoms with Crippen molar-refractivity contribution >= 4 is 0 Å². The van der Waals surface area contributed by atoms with Crippen LogP contribution < -0.4 is 0 Å². The molecule has 2 unspecified atom stereocenters. The lowest BCUT2D eigenvalue weighted by Crippen LogP contribution is -2.61. The average Bonchev–Trinajstić information content (AvgIpc) is 2.57. The van der Waals surface area contributed by atoms with E-state index in [0.29, 0.717) is 0 Å². The van der Waals surface area contributed by atoms with Gasteiger partial charge in [-0.15, -0.1) is 0 Å². The largest absolute Gasteiger partial charge is 0.394 e. The van der Waals surface area contributed by atoms with Crippen molar-refractivity contribution in [1.29, 1.82) is 0 Å². The SMILES string of the molecule is C[C@@H]([C@H](O[C@@H]1OC(CO)[C@H](O)[C@H](O)C1O)[C@H](O)CO)[C@@H](O)CO. The molecule has 0 spiro atoms. The molecule has 0 aromatic rings. The van der Waals surface area contributed by atoms with Crippen LogP contribution in [-0.2, 0) is 9.47 Å². The van der Waals surface area contributed by atoms with E-state index in [2.05, 4.69) is 0 Å². The Balaban J connectivity index is 2.89. The number of aliphatic hydroxyl groups is 8. The van der Waals surface area contributed by atoms with Gasteiger partial charge in [0.25, 0.3) is 0 Å². The van der Waals surface area contributed by atoms with Gasteiger partial charge in [0.05, 0.1) is 32.0 Å². The zero-order chi connectivity index (χ0) is 17.7. The van der Waals surface area contributed by atoms with Crippen molar-refractivity contribution in [3.05, 3.63) is 0 Å². The highest BCUT2D eigenvalue weighted by atomic mass is 16.7. The van der Waals surface area contributed by atoms with Gasteiger partial charge in [0, 0.05) is 5.92 Å². The van der Waals surface area contributed by atoms with Gasteiger partial charge < -0.3 is 50.3 Å². The van der Waals surface area contributed by atoms with Gasteiger partial charge in [-0.05, 0) is 0 Å². The Morgan fingerprint density at radius 2 is 1.48 bits per heavy atom. The summed E-state index contributed by atoms with van der Waals surface area (Å²) in [7, 11) is 0. The highest BCUT2D eigenvalue weighted by Crippen LogP contribution is 2.26. The molecule has 1 rings (SSSR count). The van der Waals surface area contributed by atoms with Gasteiger partial charge >= 0.3 is 0 Å². The average molecular weight is 342 g/mol. The molecule has 138 valence electrons. The van der Waals surface area contributed by atoms with Crippen LogP contribution in [0.3, 0.4) is 0 Å². The summed E-state index contributed by atoms with van der Waals surface area (Å²) in [5, 5.41) is 76.0. The molecule has 23 heavy (non-hydrogen) atoms. The maximum absolute atomic E-state index is 9.90. The summed E-state index contributed by atoms with van der Waals surface area (Å²) >= 11 is 0. The van der Waals surface area contributed by atoms with Gasteiger partial charge in [0.15, 0.2) is 6.29 Å². The molecule has 0 amide bonds. The van der Waals surface area contributed by atoms with E-state index in [1.165, 1.54) is 6.92 Å². The minimum Gasteiger partial charge on any atom is -0.394 e. The third-order valence-electron chi connectivity index (χ3n) is 4.02. The molecule has 0 saturated carbocycles. The lowest BCUT2D eigenvalue weighted by molar-refractivity contribution is -0.323. The molecule has 0 aromatic heterocycles. The van der Waals surface area contributed by atoms with Crippen molar-refractivity contribution in [3.63, 3.8) is 0 Å². The van der Waals surface area contributed by atoms with Gasteiger partial charge in [0.1, 0.15) is 30.5 Å². The maximum Gasteiger partial charge on any atom is 0.187 e. The fourth-order valence-corrected chi connectivity index (χ4v) is 2.39. The van der Waals surface area contributed by atoms with E-state index in [-0.39, 0.29) is 0 Å². The zero-order valence-corrected chi connectivity index (χ0v) is 12.7. The molecule has 0 aromatic carbocycles. The maximum atomic E-state index is 9.90. The molecule has 1 saturated heterocycles. The number of hydrogen-bond acceptors (Lipinski definition) is 10. The molecule has 1 aliphatic rings. The summed E-state index contributed by atoms with van der Waals surface area (Å²) in [4.78, 5) is 0. The predicted octanol–water partition coefficient (Wildman–Crippen LogP) is -4.49. The Hall–Kier alpha value is -0.400. The minimum absolute atomic E-state index is 0.617. The summed E-state index contributed by atoms with van der Waals surface area (Å²) < 4.78 is 10.5. The molecule has 9 atom stereocenters. The van der Waals surface area contributed by atoms with Gasteiger partial charge in [-0.25, -0.2) is 0 Å². The number of ether oxygens (including phenoxy) is 2. The second-order valence-corrected chi connectivity index (χ2v) is 5.66. The van der Waals surface area contributed by atoms with E-state index in [0.717, 1.165) is 0 Å². The van der Waals surface area contributed by atoms with Gasteiger partial charge in [-0.1, -0.05) is 6.92 Å². The molecule has 10 heteroatoms. The third kappa shape index (κ3) is 4.79. The summed E-state index contributed by atoms with van der Waals surface area (Å²) in [6, 6.07) is 0. The van der Waals surface area contributed by atoms with E-state index < -0.39 is 74.8 Å². The zero-order valence-electron chi connectivity index (χ0n) is 12.7. The van der Waals surface area contributed by atoms with Crippen molar-refractivity contribution in [2.24, 2.45) is 5.92 Å². The highest BCUT2D eigenvalue weighted by Gasteiger charge is 2.46. The lowest BCUT2D eigenvalue weighted by Gasteiger charge is -2.42. The summed E-state index contributed by atoms with van der Waals surface area (Å²) in [5.41, 5.74) is 0. The fourth-order valence-electron chi connectivity index (χ4n) is 2.39. The Kier molecular flexibility index (Phi) is 8.24. The number of hydrogen-bond donors (Lipinski definition) is 8. The van der Waals surface area contributed by atoms with Gasteiger partial charge in [-0.3, -0.25) is 0 Å². The first kappa shape index (κ1) is 20.6. The van der Waals surface area contributed by atoms with Gasteiger partial charge in [-0.2, -0.15) is 0 Å². The van der Waals surface area contributed by atoms with Crippen LogP contribution in [0, 0.1) is 5.92 Å². The predicted molar refractivity (Wildman–Crippen MR) is 74.0 cm³/mol. The molecule has 1 heterocycles. The lowest BCUT2D eigenvalue weighted by atomic mass is 9.93. The van der Waals surface area contributed by atoms with E-state index in [1.807, 2.05) is 0 Å². The molecular formula is C13H26O10. The van der Waals surface area contributed by atoms with Crippen LogP contribution >= 0.6 is 0 Å². The van der Waals surface area contributed by atoms with E-state index in [4.69, 9.17) is 24.8 Å². The second-order valence-electron chi connectivity index (χ2n) is 5.66. The Morgan fingerprint density at radius 3 is 1.96 bits per heavy atom. The molecule has 0 radical (unpaired) electrons. The Labute approximate surface area is 133 Å². The molecule has 0 aliphatic carbocycles. The Morgan fingerprint density at radius 1 is 0.913 bits per heavy atom. The van der Waals surface area contributed by atoms with Crippen LogP contribution in [0.15, 0.2) is 0 Å². The van der Waals surface area contributed by atoms with E-state index >= 15 is 0 Å². The van der Waals surface area contributed by atoms with Crippen LogP contribution in [0.2, 0.25) is 0 Å². The summed E-state index contributed by atoms with van der Waals surface area (Å²) in [6.45, 7) is -0.542. The highest BCUT2D eigenvalue weighted by molar-refractivity contribution is 4.90. The second kappa shape index (κ2) is 9.18. The minimum atomic E-state index is -1.68. The molecule has 0 bridgehead atoms. The number of aliphatic hydroxyl groups excluding tert-OH is 8. The van der Waals surface area contributed by atoms with Crippen LogP contribution in [0.5, 0.6) is 0 Å². The van der Waals surface area contributed by atoms with Crippen LogP contribution in [-0.4, -0.2) is 110 Å². The van der Waals surface area contributed by atoms with E-state index in [1.54, 1.807) is 0 Å². The summed E-state index contributed by atoms with van der Waals surface area (Å²) in [5.74, 6) is -0.852. The van der Waals surface area contributed by atoms with Crippen molar-refractivity contribution in [2.45, 2.75) is 55.9 Å². The Bertz CT molecular complexity index is 341. The molecule has 1 fully saturated rings. The first-order valence-electron chi connectivity index (χ1n) is 7.32. The van der Waals surface area contributed by atoms with Gasteiger partial charge in [0.2, 0.25) is 0 Å². The monoisotopic (exact) mass is 342 g/mol. The van der Waals surface area contributed by atoms with Crippen LogP contribution in [0.1, 0.15) is 6.92 Å². The first-order chi connectivity index (χ1) is 10.8. The van der Waals surface area contributed by atoms with Crippen molar-refractivity contribution in [2.75, 3.05) is 19.8 Å². The van der Waals surface area contributed by atoms with Crippen molar-refractivity contribution in [3.8, 4) is 0 Å². The fraction of sp³-hybridized carbons (Fsp3) is 1.00. The van der Waals surface area contributed by atoms with E-state index in [9.17, 15) is 25.5 Å². The van der Waals surface area contributed by atoms with Crippen LogP contribution in [0.4, 0.5) is 0 Å². The molecule has 1 aliphatic heterocycles. The number of rotatable bonds is 8. The first-order valence-corrected chi connectivity index (χ1v) is 7.32. The van der Waals surface area contributed by atoms with Crippen molar-refractivity contribution < 1.29 is 50.3 Å². The normalized spacial score (nSPS) is 37.2. The summed E-state index contributed by atoms with van der Waals surface area (Å²) in [6.07, 6.45) is -11.6.